The predicted octanol–water partition coefficient (Wildman–Crippen LogP) is 4.42. The zero-order chi connectivity index (χ0) is 15.5. The van der Waals surface area contributed by atoms with Crippen LogP contribution < -0.4 is 0 Å². The molecule has 0 heterocycles. The Morgan fingerprint density at radius 3 is 2.36 bits per heavy atom. The molecule has 0 N–H and O–H groups in total. The molecule has 0 unspecified atom stereocenters. The third kappa shape index (κ3) is 2.86. The van der Waals surface area contributed by atoms with Crippen molar-refractivity contribution >= 4 is 16.7 Å². The van der Waals surface area contributed by atoms with Crippen LogP contribution in [0, 0.1) is 6.92 Å². The highest BCUT2D eigenvalue weighted by molar-refractivity contribution is 5.98. The summed E-state index contributed by atoms with van der Waals surface area (Å²) in [5.74, 6) is 0.0500. The standard InChI is InChI=1S/C20H19NO/c1-15-7-3-4-10-19(15)14-21(2)20(22)18-12-11-16-8-5-6-9-17(16)13-18/h3-13H,14H2,1-2H3. The number of benzene rings is 3. The number of carbonyl (C=O) groups is 1. The summed E-state index contributed by atoms with van der Waals surface area (Å²) in [5, 5.41) is 2.25. The van der Waals surface area contributed by atoms with Crippen molar-refractivity contribution in [1.82, 2.24) is 4.90 Å². The lowest BCUT2D eigenvalue weighted by Gasteiger charge is -2.19. The number of carbonyl (C=O) groups excluding carboxylic acids is 1. The topological polar surface area (TPSA) is 20.3 Å². The van der Waals surface area contributed by atoms with Crippen molar-refractivity contribution in [2.24, 2.45) is 0 Å². The van der Waals surface area contributed by atoms with Gasteiger partial charge in [0.2, 0.25) is 0 Å². The minimum absolute atomic E-state index is 0.0500. The van der Waals surface area contributed by atoms with E-state index in [-0.39, 0.29) is 5.91 Å². The normalized spacial score (nSPS) is 10.6. The van der Waals surface area contributed by atoms with Crippen LogP contribution in [0.25, 0.3) is 10.8 Å². The van der Waals surface area contributed by atoms with Crippen molar-refractivity contribution in [2.75, 3.05) is 7.05 Å². The van der Waals surface area contributed by atoms with Crippen LogP contribution in [0.4, 0.5) is 0 Å². The fourth-order valence-electron chi connectivity index (χ4n) is 2.66. The molecule has 0 radical (unpaired) electrons. The van der Waals surface area contributed by atoms with Gasteiger partial charge in [0, 0.05) is 19.2 Å². The molecule has 0 atom stereocenters. The lowest BCUT2D eigenvalue weighted by atomic mass is 10.1. The fourth-order valence-corrected chi connectivity index (χ4v) is 2.66. The Kier molecular flexibility index (Phi) is 3.92. The van der Waals surface area contributed by atoms with Gasteiger partial charge in [-0.2, -0.15) is 0 Å². The molecule has 3 aromatic carbocycles. The number of aryl methyl sites for hydroxylation is 1. The maximum absolute atomic E-state index is 12.6. The van der Waals surface area contributed by atoms with E-state index in [0.29, 0.717) is 6.54 Å². The average molecular weight is 289 g/mol. The largest absolute Gasteiger partial charge is 0.337 e. The molecule has 0 aliphatic rings. The van der Waals surface area contributed by atoms with Gasteiger partial charge in [0.15, 0.2) is 0 Å². The highest BCUT2D eigenvalue weighted by atomic mass is 16.2. The van der Waals surface area contributed by atoms with Crippen LogP contribution in [0.3, 0.4) is 0 Å². The first-order valence-electron chi connectivity index (χ1n) is 7.44. The molecule has 0 aliphatic carbocycles. The number of fused-ring (bicyclic) bond motifs is 1. The summed E-state index contributed by atoms with van der Waals surface area (Å²) in [6, 6.07) is 22.1. The van der Waals surface area contributed by atoms with Gasteiger partial charge in [-0.1, -0.05) is 54.6 Å². The molecule has 0 saturated heterocycles. The minimum Gasteiger partial charge on any atom is -0.337 e. The molecule has 0 aromatic heterocycles. The molecule has 0 fully saturated rings. The van der Waals surface area contributed by atoms with Gasteiger partial charge in [-0.05, 0) is 41.0 Å². The molecular weight excluding hydrogens is 270 g/mol. The van der Waals surface area contributed by atoms with Crippen LogP contribution in [0.15, 0.2) is 66.7 Å². The van der Waals surface area contributed by atoms with E-state index in [2.05, 4.69) is 25.1 Å². The van der Waals surface area contributed by atoms with Gasteiger partial charge >= 0.3 is 0 Å². The van der Waals surface area contributed by atoms with E-state index < -0.39 is 0 Å². The number of rotatable bonds is 3. The second-order valence-electron chi connectivity index (χ2n) is 5.65. The first-order valence-corrected chi connectivity index (χ1v) is 7.44. The van der Waals surface area contributed by atoms with E-state index in [9.17, 15) is 4.79 Å². The molecule has 0 spiro atoms. The molecular formula is C20H19NO. The van der Waals surface area contributed by atoms with Gasteiger partial charge in [0.05, 0.1) is 0 Å². The van der Waals surface area contributed by atoms with Crippen LogP contribution >= 0.6 is 0 Å². The molecule has 0 bridgehead atoms. The zero-order valence-corrected chi connectivity index (χ0v) is 12.9. The van der Waals surface area contributed by atoms with E-state index in [4.69, 9.17) is 0 Å². The van der Waals surface area contributed by atoms with Crippen LogP contribution in [0.5, 0.6) is 0 Å². The van der Waals surface area contributed by atoms with Crippen molar-refractivity contribution < 1.29 is 4.79 Å². The van der Waals surface area contributed by atoms with Crippen LogP contribution in [0.1, 0.15) is 21.5 Å². The van der Waals surface area contributed by atoms with Gasteiger partial charge in [0.25, 0.3) is 5.91 Å². The third-order valence-electron chi connectivity index (χ3n) is 4.01. The SMILES string of the molecule is Cc1ccccc1CN(C)C(=O)c1ccc2ccccc2c1. The number of hydrogen-bond donors (Lipinski definition) is 0. The van der Waals surface area contributed by atoms with Crippen LogP contribution in [-0.2, 0) is 6.54 Å². The second kappa shape index (κ2) is 6.02. The Bertz CT molecular complexity index is 823. The first kappa shape index (κ1) is 14.3. The zero-order valence-electron chi connectivity index (χ0n) is 12.9. The Morgan fingerprint density at radius 2 is 1.59 bits per heavy atom. The Labute approximate surface area is 131 Å². The maximum Gasteiger partial charge on any atom is 0.253 e. The van der Waals surface area contributed by atoms with E-state index in [1.807, 2.05) is 55.6 Å². The monoisotopic (exact) mass is 289 g/mol. The van der Waals surface area contributed by atoms with Gasteiger partial charge in [0.1, 0.15) is 0 Å². The Morgan fingerprint density at radius 1 is 0.909 bits per heavy atom. The molecule has 110 valence electrons. The van der Waals surface area contributed by atoms with Gasteiger partial charge in [-0.15, -0.1) is 0 Å². The highest BCUT2D eigenvalue weighted by Gasteiger charge is 2.13. The van der Waals surface area contributed by atoms with E-state index in [1.165, 1.54) is 11.1 Å². The van der Waals surface area contributed by atoms with Crippen molar-refractivity contribution in [3.8, 4) is 0 Å². The minimum atomic E-state index is 0.0500. The van der Waals surface area contributed by atoms with Crippen molar-refractivity contribution in [3.63, 3.8) is 0 Å². The van der Waals surface area contributed by atoms with Crippen molar-refractivity contribution in [1.29, 1.82) is 0 Å². The predicted molar refractivity (Wildman–Crippen MR) is 90.9 cm³/mol. The van der Waals surface area contributed by atoms with Crippen molar-refractivity contribution in [2.45, 2.75) is 13.5 Å². The summed E-state index contributed by atoms with van der Waals surface area (Å²) in [7, 11) is 1.85. The lowest BCUT2D eigenvalue weighted by Crippen LogP contribution is -2.26. The van der Waals surface area contributed by atoms with E-state index >= 15 is 0 Å². The molecule has 2 heteroatoms. The molecule has 2 nitrogen and oxygen atoms in total. The average Bonchev–Trinajstić information content (AvgIpc) is 2.55. The summed E-state index contributed by atoms with van der Waals surface area (Å²) < 4.78 is 0. The summed E-state index contributed by atoms with van der Waals surface area (Å²) in [6.45, 7) is 2.70. The van der Waals surface area contributed by atoms with Gasteiger partial charge in [-0.3, -0.25) is 4.79 Å². The number of nitrogens with zero attached hydrogens (tertiary/aromatic N) is 1. The van der Waals surface area contributed by atoms with Gasteiger partial charge in [-0.25, -0.2) is 0 Å². The lowest BCUT2D eigenvalue weighted by molar-refractivity contribution is 0.0785. The summed E-state index contributed by atoms with van der Waals surface area (Å²) >= 11 is 0. The molecule has 3 aromatic rings. The molecule has 3 rings (SSSR count). The van der Waals surface area contributed by atoms with Crippen LogP contribution in [0.2, 0.25) is 0 Å². The van der Waals surface area contributed by atoms with Gasteiger partial charge < -0.3 is 4.90 Å². The summed E-state index contributed by atoms with van der Waals surface area (Å²) in [5.41, 5.74) is 3.12. The summed E-state index contributed by atoms with van der Waals surface area (Å²) in [4.78, 5) is 14.4. The molecule has 1 amide bonds. The number of hydrogen-bond acceptors (Lipinski definition) is 1. The fraction of sp³-hybridized carbons (Fsp3) is 0.150. The Hall–Kier alpha value is -2.61. The molecule has 0 saturated carbocycles. The quantitative estimate of drug-likeness (QED) is 0.699. The maximum atomic E-state index is 12.6. The van der Waals surface area contributed by atoms with E-state index in [0.717, 1.165) is 16.3 Å². The second-order valence-corrected chi connectivity index (χ2v) is 5.65. The van der Waals surface area contributed by atoms with E-state index in [1.54, 1.807) is 4.90 Å². The van der Waals surface area contributed by atoms with Crippen LogP contribution in [-0.4, -0.2) is 17.9 Å². The highest BCUT2D eigenvalue weighted by Crippen LogP contribution is 2.18. The Balaban J connectivity index is 1.84. The first-order chi connectivity index (χ1) is 10.6. The molecule has 22 heavy (non-hydrogen) atoms. The number of amides is 1. The van der Waals surface area contributed by atoms with Crippen molar-refractivity contribution in [3.05, 3.63) is 83.4 Å². The molecule has 0 aliphatic heterocycles. The third-order valence-corrected chi connectivity index (χ3v) is 4.01. The smallest absolute Gasteiger partial charge is 0.253 e. The summed E-state index contributed by atoms with van der Waals surface area (Å²) in [6.07, 6.45) is 0.